The van der Waals surface area contributed by atoms with Crippen LogP contribution >= 0.6 is 0 Å². The summed E-state index contributed by atoms with van der Waals surface area (Å²) >= 11 is 0. The van der Waals surface area contributed by atoms with Crippen LogP contribution in [0.3, 0.4) is 0 Å². The summed E-state index contributed by atoms with van der Waals surface area (Å²) in [6.45, 7) is 2.49. The van der Waals surface area contributed by atoms with Crippen LogP contribution in [-0.2, 0) is 4.74 Å². The van der Waals surface area contributed by atoms with E-state index in [2.05, 4.69) is 16.4 Å². The molecule has 0 saturated carbocycles. The molecule has 0 atom stereocenters. The Labute approximate surface area is 71.8 Å². The monoisotopic (exact) mass is 164 g/mol. The SMILES string of the molecule is C1=CCC2=C(CNCCO2)N=C1. The third-order valence-corrected chi connectivity index (χ3v) is 1.93. The van der Waals surface area contributed by atoms with Gasteiger partial charge in [0.2, 0.25) is 0 Å². The van der Waals surface area contributed by atoms with Crippen LogP contribution in [-0.4, -0.2) is 25.9 Å². The molecule has 0 radical (unpaired) electrons. The molecule has 64 valence electrons. The number of ether oxygens (including phenoxy) is 1. The Hall–Kier alpha value is -1.09. The summed E-state index contributed by atoms with van der Waals surface area (Å²) in [6.07, 6.45) is 6.71. The third kappa shape index (κ3) is 1.56. The first kappa shape index (κ1) is 7.55. The Morgan fingerprint density at radius 3 is 3.50 bits per heavy atom. The molecule has 0 saturated heterocycles. The lowest BCUT2D eigenvalue weighted by Gasteiger charge is -2.05. The van der Waals surface area contributed by atoms with Crippen molar-refractivity contribution in [1.29, 1.82) is 0 Å². The molecule has 0 aromatic carbocycles. The van der Waals surface area contributed by atoms with Crippen molar-refractivity contribution in [2.75, 3.05) is 19.7 Å². The highest BCUT2D eigenvalue weighted by atomic mass is 16.5. The minimum Gasteiger partial charge on any atom is -0.494 e. The molecule has 3 nitrogen and oxygen atoms in total. The number of nitrogens with zero attached hydrogens (tertiary/aromatic N) is 1. The Kier molecular flexibility index (Phi) is 2.23. The molecule has 2 rings (SSSR count). The van der Waals surface area contributed by atoms with E-state index in [1.165, 1.54) is 0 Å². The van der Waals surface area contributed by atoms with Crippen LogP contribution < -0.4 is 5.32 Å². The largest absolute Gasteiger partial charge is 0.494 e. The molecular weight excluding hydrogens is 152 g/mol. The van der Waals surface area contributed by atoms with E-state index in [0.29, 0.717) is 0 Å². The van der Waals surface area contributed by atoms with Gasteiger partial charge in [0.25, 0.3) is 0 Å². The fraction of sp³-hybridized carbons (Fsp3) is 0.444. The van der Waals surface area contributed by atoms with Gasteiger partial charge in [-0.2, -0.15) is 0 Å². The van der Waals surface area contributed by atoms with Crippen molar-refractivity contribution in [2.45, 2.75) is 6.42 Å². The number of allylic oxidation sites excluding steroid dienone is 2. The fourth-order valence-corrected chi connectivity index (χ4v) is 1.30. The molecule has 2 aliphatic rings. The van der Waals surface area contributed by atoms with Gasteiger partial charge in [-0.05, 0) is 6.08 Å². The maximum Gasteiger partial charge on any atom is 0.122 e. The molecule has 1 N–H and O–H groups in total. The van der Waals surface area contributed by atoms with E-state index in [4.69, 9.17) is 4.74 Å². The van der Waals surface area contributed by atoms with Gasteiger partial charge in [-0.1, -0.05) is 6.08 Å². The molecule has 0 aromatic heterocycles. The Bertz CT molecular complexity index is 253. The van der Waals surface area contributed by atoms with E-state index in [0.717, 1.165) is 37.6 Å². The Balaban J connectivity index is 2.22. The number of hydrogen-bond acceptors (Lipinski definition) is 3. The number of rotatable bonds is 0. The first-order valence-electron chi connectivity index (χ1n) is 4.21. The van der Waals surface area contributed by atoms with Crippen LogP contribution in [0.15, 0.2) is 28.6 Å². The van der Waals surface area contributed by atoms with Crippen molar-refractivity contribution in [3.05, 3.63) is 23.6 Å². The molecule has 0 aromatic rings. The van der Waals surface area contributed by atoms with Crippen molar-refractivity contribution in [3.8, 4) is 0 Å². The molecule has 0 bridgehead atoms. The van der Waals surface area contributed by atoms with Gasteiger partial charge in [0, 0.05) is 25.7 Å². The minimum absolute atomic E-state index is 0.752. The summed E-state index contributed by atoms with van der Waals surface area (Å²) in [5, 5.41) is 3.25. The summed E-state index contributed by atoms with van der Waals surface area (Å²) in [5.74, 6) is 1.02. The van der Waals surface area contributed by atoms with Gasteiger partial charge >= 0.3 is 0 Å². The van der Waals surface area contributed by atoms with Gasteiger partial charge in [0.05, 0.1) is 5.70 Å². The highest BCUT2D eigenvalue weighted by molar-refractivity contribution is 5.72. The van der Waals surface area contributed by atoms with Crippen molar-refractivity contribution >= 4 is 6.21 Å². The van der Waals surface area contributed by atoms with Crippen LogP contribution in [0.4, 0.5) is 0 Å². The lowest BCUT2D eigenvalue weighted by molar-refractivity contribution is 0.214. The third-order valence-electron chi connectivity index (χ3n) is 1.93. The zero-order chi connectivity index (χ0) is 8.23. The van der Waals surface area contributed by atoms with E-state index < -0.39 is 0 Å². The molecule has 0 amide bonds. The molecule has 2 aliphatic heterocycles. The lowest BCUT2D eigenvalue weighted by atomic mass is 10.3. The normalized spacial score (nSPS) is 22.7. The predicted molar refractivity (Wildman–Crippen MR) is 48.1 cm³/mol. The molecule has 0 aliphatic carbocycles. The summed E-state index contributed by atoms with van der Waals surface area (Å²) in [7, 11) is 0. The standard InChI is InChI=1S/C9H12N2O/c1-2-4-11-8-7-10-5-6-12-9(8)3-1/h1-2,4,10H,3,5-7H2. The minimum atomic E-state index is 0.752. The Morgan fingerprint density at radius 2 is 2.50 bits per heavy atom. The van der Waals surface area contributed by atoms with E-state index >= 15 is 0 Å². The highest BCUT2D eigenvalue weighted by Crippen LogP contribution is 2.15. The average Bonchev–Trinajstić information content (AvgIpc) is 2.38. The number of aliphatic imine (C=N–C) groups is 1. The molecule has 0 spiro atoms. The zero-order valence-electron chi connectivity index (χ0n) is 6.92. The quantitative estimate of drug-likeness (QED) is 0.575. The first-order chi connectivity index (χ1) is 5.97. The summed E-state index contributed by atoms with van der Waals surface area (Å²) < 4.78 is 5.54. The molecule has 2 heterocycles. The molecular formula is C9H12N2O. The fourth-order valence-electron chi connectivity index (χ4n) is 1.30. The summed E-state index contributed by atoms with van der Waals surface area (Å²) in [6, 6.07) is 0. The molecule has 0 unspecified atom stereocenters. The van der Waals surface area contributed by atoms with Crippen LogP contribution in [0.25, 0.3) is 0 Å². The van der Waals surface area contributed by atoms with Crippen molar-refractivity contribution < 1.29 is 4.74 Å². The van der Waals surface area contributed by atoms with Crippen molar-refractivity contribution in [1.82, 2.24) is 5.32 Å². The van der Waals surface area contributed by atoms with E-state index in [1.807, 2.05) is 12.3 Å². The number of nitrogens with one attached hydrogen (secondary N) is 1. The van der Waals surface area contributed by atoms with Crippen molar-refractivity contribution in [3.63, 3.8) is 0 Å². The van der Waals surface area contributed by atoms with Gasteiger partial charge in [0.1, 0.15) is 12.4 Å². The van der Waals surface area contributed by atoms with Crippen LogP contribution in [0.2, 0.25) is 0 Å². The van der Waals surface area contributed by atoms with E-state index in [-0.39, 0.29) is 0 Å². The van der Waals surface area contributed by atoms with E-state index in [1.54, 1.807) is 0 Å². The van der Waals surface area contributed by atoms with Crippen LogP contribution in [0.1, 0.15) is 6.42 Å². The summed E-state index contributed by atoms with van der Waals surface area (Å²) in [4.78, 5) is 4.29. The predicted octanol–water partition coefficient (Wildman–Crippen LogP) is 0.848. The van der Waals surface area contributed by atoms with Gasteiger partial charge in [-0.15, -0.1) is 0 Å². The molecule has 0 fully saturated rings. The smallest absolute Gasteiger partial charge is 0.122 e. The topological polar surface area (TPSA) is 33.6 Å². The van der Waals surface area contributed by atoms with Gasteiger partial charge in [0.15, 0.2) is 0 Å². The second-order valence-electron chi connectivity index (χ2n) is 2.81. The zero-order valence-corrected chi connectivity index (χ0v) is 6.92. The van der Waals surface area contributed by atoms with Crippen LogP contribution in [0, 0.1) is 0 Å². The highest BCUT2D eigenvalue weighted by Gasteiger charge is 2.10. The lowest BCUT2D eigenvalue weighted by Crippen LogP contribution is -2.18. The summed E-state index contributed by atoms with van der Waals surface area (Å²) in [5.41, 5.74) is 1.04. The van der Waals surface area contributed by atoms with Gasteiger partial charge in [-0.3, -0.25) is 4.99 Å². The number of hydrogen-bond donors (Lipinski definition) is 1. The second-order valence-corrected chi connectivity index (χ2v) is 2.81. The molecule has 3 heteroatoms. The average molecular weight is 164 g/mol. The van der Waals surface area contributed by atoms with Crippen molar-refractivity contribution in [2.24, 2.45) is 4.99 Å². The maximum absolute atomic E-state index is 5.54. The molecule has 12 heavy (non-hydrogen) atoms. The maximum atomic E-state index is 5.54. The van der Waals surface area contributed by atoms with Gasteiger partial charge in [-0.25, -0.2) is 0 Å². The van der Waals surface area contributed by atoms with Gasteiger partial charge < -0.3 is 10.1 Å². The first-order valence-corrected chi connectivity index (χ1v) is 4.21. The Morgan fingerprint density at radius 1 is 1.50 bits per heavy atom. The second kappa shape index (κ2) is 3.54. The van der Waals surface area contributed by atoms with Crippen LogP contribution in [0.5, 0.6) is 0 Å². The van der Waals surface area contributed by atoms with E-state index in [9.17, 15) is 0 Å².